The highest BCUT2D eigenvalue weighted by Crippen LogP contribution is 2.25. The monoisotopic (exact) mass is 440 g/mol. The fourth-order valence-electron chi connectivity index (χ4n) is 3.44. The normalized spacial score (nSPS) is 10.9. The number of hydrogen-bond acceptors (Lipinski definition) is 4. The molecule has 0 saturated carbocycles. The molecule has 0 fully saturated rings. The molecule has 0 radical (unpaired) electrons. The molecule has 0 spiro atoms. The molecule has 0 amide bonds. The maximum absolute atomic E-state index is 6.06. The summed E-state index contributed by atoms with van der Waals surface area (Å²) >= 11 is 6.06. The van der Waals surface area contributed by atoms with Gasteiger partial charge in [0.25, 0.3) is 0 Å². The van der Waals surface area contributed by atoms with Crippen molar-refractivity contribution in [3.63, 3.8) is 0 Å². The predicted octanol–water partition coefficient (Wildman–Crippen LogP) is 6.24. The maximum Gasteiger partial charge on any atom is 0.157 e. The summed E-state index contributed by atoms with van der Waals surface area (Å²) in [6, 6.07) is 29.7. The Labute approximate surface area is 191 Å². The molecular formula is C26H21ClN4O. The first-order chi connectivity index (χ1) is 15.7. The molecule has 158 valence electrons. The molecule has 2 heterocycles. The summed E-state index contributed by atoms with van der Waals surface area (Å²) in [6.45, 7) is 1.17. The van der Waals surface area contributed by atoms with Crippen LogP contribution in [-0.2, 0) is 13.2 Å². The molecule has 0 bridgehead atoms. The number of anilines is 1. The highest BCUT2D eigenvalue weighted by molar-refractivity contribution is 6.30. The smallest absolute Gasteiger partial charge is 0.157 e. The lowest BCUT2D eigenvalue weighted by atomic mass is 10.1. The number of rotatable bonds is 7. The van der Waals surface area contributed by atoms with Gasteiger partial charge in [0.15, 0.2) is 5.65 Å². The van der Waals surface area contributed by atoms with Gasteiger partial charge in [0, 0.05) is 29.4 Å². The molecule has 5 nitrogen and oxygen atoms in total. The Bertz CT molecular complexity index is 1350. The summed E-state index contributed by atoms with van der Waals surface area (Å²) in [5.41, 5.74) is 4.82. The third-order valence-corrected chi connectivity index (χ3v) is 5.30. The summed E-state index contributed by atoms with van der Waals surface area (Å²) in [5, 5.41) is 8.73. The second-order valence-corrected chi connectivity index (χ2v) is 7.87. The zero-order valence-electron chi connectivity index (χ0n) is 17.3. The van der Waals surface area contributed by atoms with Crippen molar-refractivity contribution in [1.29, 1.82) is 0 Å². The van der Waals surface area contributed by atoms with E-state index in [9.17, 15) is 0 Å². The van der Waals surface area contributed by atoms with Crippen LogP contribution in [0.15, 0.2) is 97.2 Å². The maximum atomic E-state index is 6.06. The van der Waals surface area contributed by atoms with E-state index < -0.39 is 0 Å². The second-order valence-electron chi connectivity index (χ2n) is 7.43. The molecule has 32 heavy (non-hydrogen) atoms. The Kier molecular flexibility index (Phi) is 5.73. The topological polar surface area (TPSA) is 51.5 Å². The van der Waals surface area contributed by atoms with Gasteiger partial charge in [0.05, 0.1) is 5.69 Å². The third kappa shape index (κ3) is 4.74. The molecule has 2 aromatic heterocycles. The van der Waals surface area contributed by atoms with E-state index in [-0.39, 0.29) is 0 Å². The molecule has 0 aliphatic heterocycles. The summed E-state index contributed by atoms with van der Waals surface area (Å²) in [7, 11) is 0. The van der Waals surface area contributed by atoms with Crippen molar-refractivity contribution in [1.82, 2.24) is 14.6 Å². The quantitative estimate of drug-likeness (QED) is 0.325. The lowest BCUT2D eigenvalue weighted by molar-refractivity contribution is 0.306. The number of nitrogens with zero attached hydrogens (tertiary/aromatic N) is 3. The van der Waals surface area contributed by atoms with Crippen LogP contribution < -0.4 is 10.1 Å². The molecule has 0 aliphatic rings. The molecule has 5 rings (SSSR count). The van der Waals surface area contributed by atoms with Gasteiger partial charge in [-0.2, -0.15) is 5.10 Å². The number of aromatic nitrogens is 3. The van der Waals surface area contributed by atoms with Crippen LogP contribution in [0.5, 0.6) is 5.75 Å². The van der Waals surface area contributed by atoms with Crippen LogP contribution in [0.1, 0.15) is 11.1 Å². The van der Waals surface area contributed by atoms with Gasteiger partial charge >= 0.3 is 0 Å². The number of nitrogens with one attached hydrogen (secondary N) is 1. The van der Waals surface area contributed by atoms with Crippen LogP contribution in [0, 0.1) is 0 Å². The molecule has 0 saturated heterocycles. The zero-order valence-corrected chi connectivity index (χ0v) is 18.0. The van der Waals surface area contributed by atoms with Gasteiger partial charge in [-0.3, -0.25) is 0 Å². The Hall–Kier alpha value is -3.83. The summed E-state index contributed by atoms with van der Waals surface area (Å²) in [5.74, 6) is 1.59. The van der Waals surface area contributed by atoms with Crippen LogP contribution in [0.4, 0.5) is 5.82 Å². The molecule has 6 heteroatoms. The average molecular weight is 441 g/mol. The molecule has 0 unspecified atom stereocenters. The standard InChI is InChI=1S/C26H21ClN4O/c27-22-10-4-8-20(14-22)17-28-25-12-13-31-26(29-25)16-24(30-31)21-9-5-11-23(15-21)32-18-19-6-2-1-3-7-19/h1-16H,17-18H2,(H,28,29). The van der Waals surface area contributed by atoms with E-state index >= 15 is 0 Å². The fraction of sp³-hybridized carbons (Fsp3) is 0.0769. The van der Waals surface area contributed by atoms with Crippen LogP contribution >= 0.6 is 11.6 Å². The van der Waals surface area contributed by atoms with Crippen molar-refractivity contribution in [2.45, 2.75) is 13.2 Å². The van der Waals surface area contributed by atoms with Gasteiger partial charge in [0.1, 0.15) is 18.2 Å². The highest BCUT2D eigenvalue weighted by Gasteiger charge is 2.08. The number of halogens is 1. The lowest BCUT2D eigenvalue weighted by Crippen LogP contribution is -2.02. The van der Waals surface area contributed by atoms with E-state index in [0.717, 1.165) is 44.6 Å². The van der Waals surface area contributed by atoms with E-state index in [2.05, 4.69) is 27.5 Å². The molecule has 0 atom stereocenters. The Morgan fingerprint density at radius 1 is 0.844 bits per heavy atom. The molecule has 3 aromatic carbocycles. The molecule has 5 aromatic rings. The van der Waals surface area contributed by atoms with Gasteiger partial charge in [-0.25, -0.2) is 9.50 Å². The highest BCUT2D eigenvalue weighted by atomic mass is 35.5. The number of benzene rings is 3. The van der Waals surface area contributed by atoms with Crippen LogP contribution in [0.2, 0.25) is 5.02 Å². The first-order valence-corrected chi connectivity index (χ1v) is 10.7. The Morgan fingerprint density at radius 2 is 1.69 bits per heavy atom. The summed E-state index contributed by atoms with van der Waals surface area (Å²) in [4.78, 5) is 4.68. The first kappa shape index (κ1) is 20.1. The van der Waals surface area contributed by atoms with Crippen molar-refractivity contribution in [2.24, 2.45) is 0 Å². The number of fused-ring (bicyclic) bond motifs is 1. The van der Waals surface area contributed by atoms with Crippen LogP contribution in [0.25, 0.3) is 16.9 Å². The minimum absolute atomic E-state index is 0.526. The number of ether oxygens (including phenoxy) is 1. The van der Waals surface area contributed by atoms with Crippen molar-refractivity contribution in [3.8, 4) is 17.0 Å². The summed E-state index contributed by atoms with van der Waals surface area (Å²) in [6.07, 6.45) is 1.90. The van der Waals surface area contributed by atoms with Gasteiger partial charge < -0.3 is 10.1 Å². The SMILES string of the molecule is Clc1cccc(CNc2ccn3nc(-c4cccc(OCc5ccccc5)c4)cc3n2)c1. The number of hydrogen-bond donors (Lipinski definition) is 1. The average Bonchev–Trinajstić information content (AvgIpc) is 3.26. The Balaban J connectivity index is 1.31. The van der Waals surface area contributed by atoms with E-state index in [1.54, 1.807) is 4.52 Å². The van der Waals surface area contributed by atoms with Crippen molar-refractivity contribution < 1.29 is 4.74 Å². The lowest BCUT2D eigenvalue weighted by Gasteiger charge is -2.07. The molecule has 1 N–H and O–H groups in total. The van der Waals surface area contributed by atoms with Gasteiger partial charge in [-0.05, 0) is 41.5 Å². The zero-order chi connectivity index (χ0) is 21.8. The van der Waals surface area contributed by atoms with Crippen molar-refractivity contribution >= 4 is 23.1 Å². The van der Waals surface area contributed by atoms with Crippen molar-refractivity contribution in [2.75, 3.05) is 5.32 Å². The van der Waals surface area contributed by atoms with Crippen LogP contribution in [-0.4, -0.2) is 14.6 Å². The summed E-state index contributed by atoms with van der Waals surface area (Å²) < 4.78 is 7.74. The van der Waals surface area contributed by atoms with Gasteiger partial charge in [-0.15, -0.1) is 0 Å². The minimum atomic E-state index is 0.526. The largest absolute Gasteiger partial charge is 0.489 e. The molecular weight excluding hydrogens is 420 g/mol. The van der Waals surface area contributed by atoms with Gasteiger partial charge in [-0.1, -0.05) is 66.2 Å². The third-order valence-electron chi connectivity index (χ3n) is 5.07. The second kappa shape index (κ2) is 9.12. The van der Waals surface area contributed by atoms with E-state index in [1.807, 2.05) is 85.1 Å². The molecule has 0 aliphatic carbocycles. The minimum Gasteiger partial charge on any atom is -0.489 e. The van der Waals surface area contributed by atoms with E-state index in [4.69, 9.17) is 16.3 Å². The fourth-order valence-corrected chi connectivity index (χ4v) is 3.66. The van der Waals surface area contributed by atoms with E-state index in [1.165, 1.54) is 0 Å². The predicted molar refractivity (Wildman–Crippen MR) is 128 cm³/mol. The van der Waals surface area contributed by atoms with E-state index in [0.29, 0.717) is 13.2 Å². The van der Waals surface area contributed by atoms with Crippen molar-refractivity contribution in [3.05, 3.63) is 113 Å². The first-order valence-electron chi connectivity index (χ1n) is 10.3. The van der Waals surface area contributed by atoms with Gasteiger partial charge in [0.2, 0.25) is 0 Å². The van der Waals surface area contributed by atoms with Crippen LogP contribution in [0.3, 0.4) is 0 Å². The Morgan fingerprint density at radius 3 is 2.56 bits per heavy atom.